The van der Waals surface area contributed by atoms with Gasteiger partial charge in [0.25, 0.3) is 0 Å². The molecule has 0 atom stereocenters. The molecule has 0 aliphatic carbocycles. The number of hydrogen-bond donors (Lipinski definition) is 1. The minimum Gasteiger partial charge on any atom is -0.487 e. The molecule has 21 heavy (non-hydrogen) atoms. The van der Waals surface area contributed by atoms with E-state index in [4.69, 9.17) is 9.84 Å². The van der Waals surface area contributed by atoms with Gasteiger partial charge < -0.3 is 9.84 Å². The molecule has 0 fully saturated rings. The van der Waals surface area contributed by atoms with E-state index in [2.05, 4.69) is 9.97 Å². The average molecular weight is 283 g/mol. The van der Waals surface area contributed by atoms with Crippen LogP contribution in [0.5, 0.6) is 5.75 Å². The highest BCUT2D eigenvalue weighted by Crippen LogP contribution is 2.18. The van der Waals surface area contributed by atoms with E-state index in [9.17, 15) is 4.79 Å². The summed E-state index contributed by atoms with van der Waals surface area (Å²) < 4.78 is 7.46. The molecular formula is C15H13N3O3. The summed E-state index contributed by atoms with van der Waals surface area (Å²) in [6.07, 6.45) is 5.40. The average Bonchev–Trinajstić information content (AvgIpc) is 2.87. The van der Waals surface area contributed by atoms with Crippen LogP contribution in [0.1, 0.15) is 21.6 Å². The van der Waals surface area contributed by atoms with E-state index >= 15 is 0 Å². The molecule has 0 saturated carbocycles. The Bertz CT molecular complexity index is 778. The van der Waals surface area contributed by atoms with Gasteiger partial charge in [0.15, 0.2) is 0 Å². The highest BCUT2D eigenvalue weighted by atomic mass is 16.5. The molecule has 106 valence electrons. The van der Waals surface area contributed by atoms with E-state index in [0.29, 0.717) is 23.7 Å². The second kappa shape index (κ2) is 5.24. The first kappa shape index (κ1) is 13.1. The number of rotatable bonds is 4. The van der Waals surface area contributed by atoms with Crippen LogP contribution in [-0.2, 0) is 6.61 Å². The first-order chi connectivity index (χ1) is 10.1. The monoisotopic (exact) mass is 283 g/mol. The van der Waals surface area contributed by atoms with Gasteiger partial charge in [0.05, 0.1) is 11.3 Å². The normalized spacial score (nSPS) is 10.7. The van der Waals surface area contributed by atoms with Gasteiger partial charge in [-0.2, -0.15) is 0 Å². The predicted molar refractivity (Wildman–Crippen MR) is 75.5 cm³/mol. The second-order valence-corrected chi connectivity index (χ2v) is 4.63. The SMILES string of the molecule is Cc1cc(OCc2cn3cccnc3n2)ccc1C(=O)O. The fourth-order valence-electron chi connectivity index (χ4n) is 2.07. The molecular weight excluding hydrogens is 270 g/mol. The zero-order chi connectivity index (χ0) is 14.8. The lowest BCUT2D eigenvalue weighted by Crippen LogP contribution is -2.01. The number of imidazole rings is 1. The Morgan fingerprint density at radius 3 is 3.00 bits per heavy atom. The maximum absolute atomic E-state index is 11.0. The predicted octanol–water partition coefficient (Wildman–Crippen LogP) is 2.31. The number of nitrogens with zero attached hydrogens (tertiary/aromatic N) is 3. The van der Waals surface area contributed by atoms with Crippen LogP contribution < -0.4 is 4.74 Å². The van der Waals surface area contributed by atoms with Crippen molar-refractivity contribution < 1.29 is 14.6 Å². The highest BCUT2D eigenvalue weighted by molar-refractivity contribution is 5.89. The number of aryl methyl sites for hydroxylation is 1. The Morgan fingerprint density at radius 1 is 1.43 bits per heavy atom. The lowest BCUT2D eigenvalue weighted by atomic mass is 10.1. The van der Waals surface area contributed by atoms with Crippen LogP contribution in [-0.4, -0.2) is 25.4 Å². The third-order valence-electron chi connectivity index (χ3n) is 3.10. The smallest absolute Gasteiger partial charge is 0.335 e. The minimum atomic E-state index is -0.939. The van der Waals surface area contributed by atoms with E-state index in [0.717, 1.165) is 5.69 Å². The standard InChI is InChI=1S/C15H13N3O3/c1-10-7-12(3-4-13(10)14(19)20)21-9-11-8-18-6-2-5-16-15(18)17-11/h2-8H,9H2,1H3,(H,19,20). The molecule has 3 aromatic rings. The van der Waals surface area contributed by atoms with E-state index in [1.165, 1.54) is 6.07 Å². The molecule has 6 heteroatoms. The number of carboxylic acid groups (broad SMARTS) is 1. The summed E-state index contributed by atoms with van der Waals surface area (Å²) in [6.45, 7) is 2.04. The van der Waals surface area contributed by atoms with Crippen molar-refractivity contribution >= 4 is 11.7 Å². The van der Waals surface area contributed by atoms with Gasteiger partial charge in [-0.1, -0.05) is 0 Å². The maximum atomic E-state index is 11.0. The van der Waals surface area contributed by atoms with E-state index in [1.54, 1.807) is 25.3 Å². The minimum absolute atomic E-state index is 0.277. The number of aromatic nitrogens is 3. The van der Waals surface area contributed by atoms with E-state index < -0.39 is 5.97 Å². The van der Waals surface area contributed by atoms with Crippen LogP contribution in [0.3, 0.4) is 0 Å². The molecule has 0 saturated heterocycles. The summed E-state index contributed by atoms with van der Waals surface area (Å²) in [5, 5.41) is 8.98. The third kappa shape index (κ3) is 2.69. The highest BCUT2D eigenvalue weighted by Gasteiger charge is 2.08. The zero-order valence-electron chi connectivity index (χ0n) is 11.4. The summed E-state index contributed by atoms with van der Waals surface area (Å²) in [5.41, 5.74) is 1.70. The molecule has 0 spiro atoms. The molecule has 0 bridgehead atoms. The number of ether oxygens (including phenoxy) is 1. The lowest BCUT2D eigenvalue weighted by molar-refractivity contribution is 0.0696. The van der Waals surface area contributed by atoms with Crippen molar-refractivity contribution in [2.24, 2.45) is 0 Å². The van der Waals surface area contributed by atoms with Gasteiger partial charge in [-0.15, -0.1) is 0 Å². The lowest BCUT2D eigenvalue weighted by Gasteiger charge is -2.06. The first-order valence-corrected chi connectivity index (χ1v) is 6.39. The Morgan fingerprint density at radius 2 is 2.29 bits per heavy atom. The number of carboxylic acids is 1. The Hall–Kier alpha value is -2.89. The van der Waals surface area contributed by atoms with Gasteiger partial charge in [0.2, 0.25) is 5.78 Å². The van der Waals surface area contributed by atoms with Crippen molar-refractivity contribution in [1.82, 2.24) is 14.4 Å². The zero-order valence-corrected chi connectivity index (χ0v) is 11.4. The van der Waals surface area contributed by atoms with Crippen molar-refractivity contribution in [3.05, 3.63) is 59.7 Å². The summed E-state index contributed by atoms with van der Waals surface area (Å²) in [7, 11) is 0. The summed E-state index contributed by atoms with van der Waals surface area (Å²) >= 11 is 0. The van der Waals surface area contributed by atoms with Crippen LogP contribution in [0, 0.1) is 6.92 Å². The quantitative estimate of drug-likeness (QED) is 0.795. The molecule has 0 amide bonds. The first-order valence-electron chi connectivity index (χ1n) is 6.39. The van der Waals surface area contributed by atoms with Crippen molar-refractivity contribution in [3.63, 3.8) is 0 Å². The molecule has 6 nitrogen and oxygen atoms in total. The van der Waals surface area contributed by atoms with Gasteiger partial charge in [0, 0.05) is 18.6 Å². The number of hydrogen-bond acceptors (Lipinski definition) is 4. The second-order valence-electron chi connectivity index (χ2n) is 4.63. The Kier molecular flexibility index (Phi) is 3.27. The van der Waals surface area contributed by atoms with Crippen LogP contribution in [0.2, 0.25) is 0 Å². The van der Waals surface area contributed by atoms with Crippen LogP contribution >= 0.6 is 0 Å². The van der Waals surface area contributed by atoms with Crippen molar-refractivity contribution in [2.75, 3.05) is 0 Å². The van der Waals surface area contributed by atoms with Gasteiger partial charge in [-0.05, 0) is 36.8 Å². The van der Waals surface area contributed by atoms with Crippen molar-refractivity contribution in [2.45, 2.75) is 13.5 Å². The van der Waals surface area contributed by atoms with Gasteiger partial charge >= 0.3 is 5.97 Å². The largest absolute Gasteiger partial charge is 0.487 e. The number of carbonyl (C=O) groups is 1. The molecule has 0 radical (unpaired) electrons. The molecule has 0 aliphatic rings. The molecule has 0 aliphatic heterocycles. The van der Waals surface area contributed by atoms with Gasteiger partial charge in [0.1, 0.15) is 12.4 Å². The summed E-state index contributed by atoms with van der Waals surface area (Å²) in [6, 6.07) is 6.72. The van der Waals surface area contributed by atoms with Crippen molar-refractivity contribution in [1.29, 1.82) is 0 Å². The van der Waals surface area contributed by atoms with Crippen molar-refractivity contribution in [3.8, 4) is 5.75 Å². The van der Waals surface area contributed by atoms with Crippen LogP contribution in [0.15, 0.2) is 42.9 Å². The topological polar surface area (TPSA) is 76.7 Å². The Labute approximate surface area is 120 Å². The molecule has 1 N–H and O–H groups in total. The van der Waals surface area contributed by atoms with Gasteiger partial charge in [-0.25, -0.2) is 14.8 Å². The molecule has 3 rings (SSSR count). The van der Waals surface area contributed by atoms with E-state index in [1.807, 2.05) is 22.9 Å². The maximum Gasteiger partial charge on any atom is 0.335 e. The molecule has 0 unspecified atom stereocenters. The molecule has 1 aromatic carbocycles. The number of fused-ring (bicyclic) bond motifs is 1. The number of aromatic carboxylic acids is 1. The van der Waals surface area contributed by atoms with Crippen LogP contribution in [0.25, 0.3) is 5.78 Å². The van der Waals surface area contributed by atoms with E-state index in [-0.39, 0.29) is 5.56 Å². The van der Waals surface area contributed by atoms with Crippen LogP contribution in [0.4, 0.5) is 0 Å². The fraction of sp³-hybridized carbons (Fsp3) is 0.133. The Balaban J connectivity index is 1.75. The summed E-state index contributed by atoms with van der Waals surface area (Å²) in [5.74, 6) is 0.293. The van der Waals surface area contributed by atoms with Gasteiger partial charge in [-0.3, -0.25) is 4.40 Å². The fourth-order valence-corrected chi connectivity index (χ4v) is 2.07. The third-order valence-corrected chi connectivity index (χ3v) is 3.10. The summed E-state index contributed by atoms with van der Waals surface area (Å²) in [4.78, 5) is 19.4. The number of benzene rings is 1. The molecule has 2 aromatic heterocycles. The molecule has 2 heterocycles.